The fraction of sp³-hybridized carbons (Fsp3) is 0.688. The van der Waals surface area contributed by atoms with Crippen LogP contribution in [-0.2, 0) is 4.74 Å². The van der Waals surface area contributed by atoms with Crippen molar-refractivity contribution in [2.24, 2.45) is 5.92 Å². The summed E-state index contributed by atoms with van der Waals surface area (Å²) in [7, 11) is 0. The lowest BCUT2D eigenvalue weighted by atomic mass is 10.0. The molecule has 20 heavy (non-hydrogen) atoms. The molecule has 114 valence electrons. The minimum absolute atomic E-state index is 0.192. The molecule has 4 nitrogen and oxygen atoms in total. The summed E-state index contributed by atoms with van der Waals surface area (Å²) in [5, 5.41) is 0. The molecular weight excluding hydrogens is 252 g/mol. The number of carbonyl (C=O) groups excluding carboxylic acids is 1. The average Bonchev–Trinajstić information content (AvgIpc) is 2.81. The summed E-state index contributed by atoms with van der Waals surface area (Å²) in [4.78, 5) is 12.2. The predicted molar refractivity (Wildman–Crippen MR) is 82.8 cm³/mol. The van der Waals surface area contributed by atoms with E-state index in [0.717, 1.165) is 12.8 Å². The zero-order valence-electron chi connectivity index (χ0n) is 13.2. The zero-order chi connectivity index (χ0) is 15.1. The van der Waals surface area contributed by atoms with Crippen molar-refractivity contribution in [2.75, 3.05) is 12.3 Å². The molecule has 0 saturated heterocycles. The van der Waals surface area contributed by atoms with Crippen LogP contribution in [0.25, 0.3) is 0 Å². The van der Waals surface area contributed by atoms with Crippen LogP contribution in [0.1, 0.15) is 69.9 Å². The molecule has 0 fully saturated rings. The van der Waals surface area contributed by atoms with Gasteiger partial charge >= 0.3 is 5.97 Å². The van der Waals surface area contributed by atoms with E-state index in [9.17, 15) is 4.79 Å². The molecule has 0 aromatic carbocycles. The number of hydrogen-bond donors (Lipinski definition) is 1. The second kappa shape index (κ2) is 7.98. The highest BCUT2D eigenvalue weighted by Gasteiger charge is 2.17. The summed E-state index contributed by atoms with van der Waals surface area (Å²) in [6, 6.07) is 1.88. The van der Waals surface area contributed by atoms with Crippen LogP contribution in [0, 0.1) is 5.92 Å². The zero-order valence-corrected chi connectivity index (χ0v) is 13.2. The van der Waals surface area contributed by atoms with Gasteiger partial charge in [0.05, 0.1) is 12.3 Å². The van der Waals surface area contributed by atoms with Gasteiger partial charge in [-0.25, -0.2) is 4.79 Å². The Morgan fingerprint density at radius 3 is 2.65 bits per heavy atom. The van der Waals surface area contributed by atoms with Crippen LogP contribution in [0.5, 0.6) is 0 Å². The van der Waals surface area contributed by atoms with Gasteiger partial charge in [-0.05, 0) is 32.3 Å². The first-order valence-electron chi connectivity index (χ1n) is 7.64. The van der Waals surface area contributed by atoms with Crippen molar-refractivity contribution in [1.29, 1.82) is 0 Å². The number of carbonyl (C=O) groups is 1. The number of hydrogen-bond acceptors (Lipinski definition) is 3. The molecule has 1 aromatic rings. The maximum absolute atomic E-state index is 12.2. The van der Waals surface area contributed by atoms with Crippen molar-refractivity contribution in [3.8, 4) is 0 Å². The average molecular weight is 280 g/mol. The first-order chi connectivity index (χ1) is 9.49. The first-order valence-corrected chi connectivity index (χ1v) is 7.64. The highest BCUT2D eigenvalue weighted by molar-refractivity contribution is 5.89. The minimum atomic E-state index is -0.273. The van der Waals surface area contributed by atoms with Gasteiger partial charge in [0.2, 0.25) is 0 Å². The van der Waals surface area contributed by atoms with Gasteiger partial charge in [-0.15, -0.1) is 0 Å². The first kappa shape index (κ1) is 16.6. The van der Waals surface area contributed by atoms with Crippen LogP contribution in [0.15, 0.2) is 12.3 Å². The third-order valence-corrected chi connectivity index (χ3v) is 3.63. The van der Waals surface area contributed by atoms with E-state index in [1.54, 1.807) is 12.3 Å². The van der Waals surface area contributed by atoms with E-state index < -0.39 is 0 Å². The summed E-state index contributed by atoms with van der Waals surface area (Å²) in [5.74, 6) is 0.184. The van der Waals surface area contributed by atoms with Crippen molar-refractivity contribution in [3.63, 3.8) is 0 Å². The summed E-state index contributed by atoms with van der Waals surface area (Å²) in [6.07, 6.45) is 6.31. The number of ether oxygens (including phenoxy) is 1. The van der Waals surface area contributed by atoms with Crippen molar-refractivity contribution in [2.45, 2.75) is 59.4 Å². The Kier molecular flexibility index (Phi) is 6.62. The molecule has 0 amide bonds. The molecule has 1 atom stereocenters. The SMILES string of the molecule is CCCCC(CC)COC(=O)c1cc(N)cn1C(C)C. The molecule has 1 heterocycles. The molecule has 4 heteroatoms. The van der Waals surface area contributed by atoms with Gasteiger partial charge in [-0.1, -0.05) is 33.1 Å². The molecule has 0 spiro atoms. The highest BCUT2D eigenvalue weighted by atomic mass is 16.5. The Labute approximate surface area is 122 Å². The van der Waals surface area contributed by atoms with Gasteiger partial charge in [-0.2, -0.15) is 0 Å². The van der Waals surface area contributed by atoms with E-state index in [-0.39, 0.29) is 12.0 Å². The second-order valence-electron chi connectivity index (χ2n) is 5.67. The number of anilines is 1. The number of rotatable bonds is 8. The van der Waals surface area contributed by atoms with Crippen LogP contribution in [0.4, 0.5) is 5.69 Å². The molecule has 0 aliphatic heterocycles. The second-order valence-corrected chi connectivity index (χ2v) is 5.67. The predicted octanol–water partition coefficient (Wildman–Crippen LogP) is 4.02. The van der Waals surface area contributed by atoms with Gasteiger partial charge in [0, 0.05) is 12.2 Å². The Hall–Kier alpha value is -1.45. The molecule has 0 saturated carbocycles. The Balaban J connectivity index is 2.62. The lowest BCUT2D eigenvalue weighted by Crippen LogP contribution is -2.17. The molecule has 0 bridgehead atoms. The van der Waals surface area contributed by atoms with Gasteiger partial charge < -0.3 is 15.0 Å². The van der Waals surface area contributed by atoms with Crippen LogP contribution in [-0.4, -0.2) is 17.1 Å². The summed E-state index contributed by atoms with van der Waals surface area (Å²) in [6.45, 7) is 8.86. The normalized spacial score (nSPS) is 12.7. The van der Waals surface area contributed by atoms with Crippen molar-refractivity contribution in [3.05, 3.63) is 18.0 Å². The quantitative estimate of drug-likeness (QED) is 0.731. The maximum Gasteiger partial charge on any atom is 0.355 e. The van der Waals surface area contributed by atoms with Crippen LogP contribution in [0.2, 0.25) is 0 Å². The van der Waals surface area contributed by atoms with Crippen molar-refractivity contribution in [1.82, 2.24) is 4.57 Å². The Morgan fingerprint density at radius 2 is 2.10 bits per heavy atom. The molecule has 1 rings (SSSR count). The summed E-state index contributed by atoms with van der Waals surface area (Å²) in [5.41, 5.74) is 6.92. The van der Waals surface area contributed by atoms with E-state index >= 15 is 0 Å². The van der Waals surface area contributed by atoms with E-state index in [2.05, 4.69) is 13.8 Å². The van der Waals surface area contributed by atoms with E-state index in [1.165, 1.54) is 12.8 Å². The van der Waals surface area contributed by atoms with E-state index in [1.807, 2.05) is 18.4 Å². The van der Waals surface area contributed by atoms with Gasteiger partial charge in [0.1, 0.15) is 5.69 Å². The molecule has 1 unspecified atom stereocenters. The van der Waals surface area contributed by atoms with Gasteiger partial charge in [-0.3, -0.25) is 0 Å². The smallest absolute Gasteiger partial charge is 0.355 e. The van der Waals surface area contributed by atoms with E-state index in [4.69, 9.17) is 10.5 Å². The van der Waals surface area contributed by atoms with Crippen LogP contribution < -0.4 is 5.73 Å². The molecule has 1 aromatic heterocycles. The minimum Gasteiger partial charge on any atom is -0.461 e. The van der Waals surface area contributed by atoms with Crippen molar-refractivity contribution < 1.29 is 9.53 Å². The fourth-order valence-electron chi connectivity index (χ4n) is 2.26. The number of unbranched alkanes of at least 4 members (excludes halogenated alkanes) is 1. The van der Waals surface area contributed by atoms with Crippen LogP contribution >= 0.6 is 0 Å². The lowest BCUT2D eigenvalue weighted by Gasteiger charge is -2.16. The van der Waals surface area contributed by atoms with Gasteiger partial charge in [0.25, 0.3) is 0 Å². The summed E-state index contributed by atoms with van der Waals surface area (Å²) >= 11 is 0. The topological polar surface area (TPSA) is 57.2 Å². The third-order valence-electron chi connectivity index (χ3n) is 3.63. The van der Waals surface area contributed by atoms with Crippen molar-refractivity contribution >= 4 is 11.7 Å². The van der Waals surface area contributed by atoms with Gasteiger partial charge in [0.15, 0.2) is 0 Å². The Morgan fingerprint density at radius 1 is 1.40 bits per heavy atom. The fourth-order valence-corrected chi connectivity index (χ4v) is 2.26. The monoisotopic (exact) mass is 280 g/mol. The number of nitrogens with two attached hydrogens (primary N) is 1. The number of nitrogen functional groups attached to an aromatic ring is 1. The molecule has 0 radical (unpaired) electrons. The maximum atomic E-state index is 12.2. The highest BCUT2D eigenvalue weighted by Crippen LogP contribution is 2.19. The molecule has 2 N–H and O–H groups in total. The van der Waals surface area contributed by atoms with Crippen LogP contribution in [0.3, 0.4) is 0 Å². The molecule has 0 aliphatic rings. The third kappa shape index (κ3) is 4.58. The summed E-state index contributed by atoms with van der Waals surface area (Å²) < 4.78 is 7.33. The lowest BCUT2D eigenvalue weighted by molar-refractivity contribution is 0.0414. The molecular formula is C16H28N2O2. The molecule has 0 aliphatic carbocycles. The standard InChI is InChI=1S/C16H28N2O2/c1-5-7-8-13(6-2)11-20-16(19)15-9-14(17)10-18(15)12(3)4/h9-10,12-13H,5-8,11,17H2,1-4H3. The number of nitrogens with zero attached hydrogens (tertiary/aromatic N) is 1. The largest absolute Gasteiger partial charge is 0.461 e. The Bertz CT molecular complexity index is 424. The number of aromatic nitrogens is 1. The van der Waals surface area contributed by atoms with E-state index in [0.29, 0.717) is 23.9 Å². The number of esters is 1.